The summed E-state index contributed by atoms with van der Waals surface area (Å²) < 4.78 is 18.0. The van der Waals surface area contributed by atoms with Crippen LogP contribution in [0.3, 0.4) is 0 Å². The smallest absolute Gasteiger partial charge is 0.354 e. The van der Waals surface area contributed by atoms with E-state index in [4.69, 9.17) is 4.74 Å². The molecule has 0 aliphatic carbocycles. The highest BCUT2D eigenvalue weighted by atomic mass is 19.1. The van der Waals surface area contributed by atoms with Gasteiger partial charge >= 0.3 is 5.97 Å². The Kier molecular flexibility index (Phi) is 3.60. The van der Waals surface area contributed by atoms with Crippen molar-refractivity contribution in [1.82, 2.24) is 0 Å². The lowest BCUT2D eigenvalue weighted by Crippen LogP contribution is -2.21. The molecule has 4 nitrogen and oxygen atoms in total. The molecule has 1 aromatic rings. The Morgan fingerprint density at radius 3 is 3.06 bits per heavy atom. The van der Waals surface area contributed by atoms with E-state index < -0.39 is 5.97 Å². The highest BCUT2D eigenvalue weighted by molar-refractivity contribution is 6.35. The van der Waals surface area contributed by atoms with Gasteiger partial charge in [-0.15, -0.1) is 0 Å². The Labute approximate surface area is 105 Å². The second kappa shape index (κ2) is 5.16. The maximum atomic E-state index is 13.2. The number of rotatable bonds is 3. The quantitative estimate of drug-likeness (QED) is 0.609. The molecule has 1 heterocycles. The summed E-state index contributed by atoms with van der Waals surface area (Å²) in [5, 5.41) is 5.83. The van der Waals surface area contributed by atoms with Crippen molar-refractivity contribution in [1.29, 1.82) is 0 Å². The first-order chi connectivity index (χ1) is 8.61. The predicted octanol–water partition coefficient (Wildman–Crippen LogP) is 2.13. The molecule has 1 aliphatic heterocycles. The average Bonchev–Trinajstić information content (AvgIpc) is 2.72. The molecule has 0 unspecified atom stereocenters. The molecule has 18 heavy (non-hydrogen) atoms. The highest BCUT2D eigenvalue weighted by Crippen LogP contribution is 2.28. The molecule has 2 rings (SSSR count). The van der Waals surface area contributed by atoms with Crippen molar-refractivity contribution in [2.75, 3.05) is 18.2 Å². The predicted molar refractivity (Wildman–Crippen MR) is 67.2 cm³/mol. The van der Waals surface area contributed by atoms with Gasteiger partial charge in [-0.3, -0.25) is 5.01 Å². The Bertz CT molecular complexity index is 500. The number of halogens is 1. The highest BCUT2D eigenvalue weighted by Gasteiger charge is 2.20. The maximum absolute atomic E-state index is 13.2. The van der Waals surface area contributed by atoms with Gasteiger partial charge in [-0.05, 0) is 38.0 Å². The molecule has 0 atom stereocenters. The maximum Gasteiger partial charge on any atom is 0.354 e. The standard InChI is InChI=1S/C13H15FN2O2/c1-3-18-13(17)9(2)15-16-7-6-10-4-5-11(14)8-12(10)16/h4-5,8H,3,6-7H2,1-2H3. The largest absolute Gasteiger partial charge is 0.461 e. The third kappa shape index (κ3) is 2.50. The van der Waals surface area contributed by atoms with Crippen molar-refractivity contribution in [2.45, 2.75) is 20.3 Å². The summed E-state index contributed by atoms with van der Waals surface area (Å²) in [6.45, 7) is 4.30. The van der Waals surface area contributed by atoms with Crippen LogP contribution in [0.1, 0.15) is 19.4 Å². The number of benzene rings is 1. The van der Waals surface area contributed by atoms with E-state index in [0.29, 0.717) is 13.2 Å². The second-order valence-electron chi connectivity index (χ2n) is 4.05. The number of carbonyl (C=O) groups excluding carboxylic acids is 1. The molecule has 0 fully saturated rings. The van der Waals surface area contributed by atoms with Crippen LogP contribution in [0.5, 0.6) is 0 Å². The van der Waals surface area contributed by atoms with E-state index in [0.717, 1.165) is 17.7 Å². The summed E-state index contributed by atoms with van der Waals surface area (Å²) in [7, 11) is 0. The average molecular weight is 250 g/mol. The van der Waals surface area contributed by atoms with Crippen molar-refractivity contribution < 1.29 is 13.9 Å². The van der Waals surface area contributed by atoms with E-state index >= 15 is 0 Å². The monoisotopic (exact) mass is 250 g/mol. The number of fused-ring (bicyclic) bond motifs is 1. The van der Waals surface area contributed by atoms with Crippen LogP contribution in [-0.4, -0.2) is 24.8 Å². The van der Waals surface area contributed by atoms with Crippen molar-refractivity contribution in [3.05, 3.63) is 29.6 Å². The van der Waals surface area contributed by atoms with Crippen molar-refractivity contribution >= 4 is 17.4 Å². The van der Waals surface area contributed by atoms with Gasteiger partial charge in [0.25, 0.3) is 0 Å². The van der Waals surface area contributed by atoms with Crippen LogP contribution >= 0.6 is 0 Å². The third-order valence-electron chi connectivity index (χ3n) is 2.76. The Balaban J connectivity index is 2.21. The molecule has 96 valence electrons. The lowest BCUT2D eigenvalue weighted by molar-refractivity contribution is -0.135. The first-order valence-electron chi connectivity index (χ1n) is 5.90. The van der Waals surface area contributed by atoms with Gasteiger partial charge in [0.2, 0.25) is 0 Å². The van der Waals surface area contributed by atoms with Crippen LogP contribution < -0.4 is 5.01 Å². The molecule has 1 aromatic carbocycles. The number of ether oxygens (including phenoxy) is 1. The fourth-order valence-corrected chi connectivity index (χ4v) is 1.90. The fraction of sp³-hybridized carbons (Fsp3) is 0.385. The number of hydrogen-bond donors (Lipinski definition) is 0. The van der Waals surface area contributed by atoms with E-state index in [2.05, 4.69) is 5.10 Å². The van der Waals surface area contributed by atoms with Gasteiger partial charge in [0.15, 0.2) is 0 Å². The van der Waals surface area contributed by atoms with Gasteiger partial charge < -0.3 is 4.74 Å². The van der Waals surface area contributed by atoms with E-state index in [1.165, 1.54) is 12.1 Å². The van der Waals surface area contributed by atoms with Crippen LogP contribution in [0.4, 0.5) is 10.1 Å². The molecule has 0 aromatic heterocycles. The minimum Gasteiger partial charge on any atom is -0.461 e. The number of carbonyl (C=O) groups is 1. The molecule has 0 spiro atoms. The molecule has 0 amide bonds. The zero-order valence-corrected chi connectivity index (χ0v) is 10.4. The SMILES string of the molecule is CCOC(=O)C(C)=NN1CCc2ccc(F)cc21. The lowest BCUT2D eigenvalue weighted by atomic mass is 10.2. The molecular weight excluding hydrogens is 235 g/mol. The van der Waals surface area contributed by atoms with Gasteiger partial charge in [-0.2, -0.15) is 5.10 Å². The van der Waals surface area contributed by atoms with Crippen molar-refractivity contribution in [3.8, 4) is 0 Å². The first-order valence-corrected chi connectivity index (χ1v) is 5.90. The van der Waals surface area contributed by atoms with Gasteiger partial charge in [-0.1, -0.05) is 6.07 Å². The molecule has 1 aliphatic rings. The Morgan fingerprint density at radius 2 is 2.33 bits per heavy atom. The minimum absolute atomic E-state index is 0.272. The van der Waals surface area contributed by atoms with Crippen LogP contribution in [0.15, 0.2) is 23.3 Å². The van der Waals surface area contributed by atoms with Crippen molar-refractivity contribution in [2.24, 2.45) is 5.10 Å². The van der Waals surface area contributed by atoms with Gasteiger partial charge in [0, 0.05) is 6.54 Å². The Hall–Kier alpha value is -1.91. The summed E-state index contributed by atoms with van der Waals surface area (Å²) in [6, 6.07) is 4.62. The molecule has 0 N–H and O–H groups in total. The zero-order valence-electron chi connectivity index (χ0n) is 10.4. The summed E-state index contributed by atoms with van der Waals surface area (Å²) in [6.07, 6.45) is 0.801. The molecule has 0 bridgehead atoms. The van der Waals surface area contributed by atoms with E-state index in [9.17, 15) is 9.18 Å². The lowest BCUT2D eigenvalue weighted by Gasteiger charge is -2.13. The van der Waals surface area contributed by atoms with Gasteiger partial charge in [-0.25, -0.2) is 9.18 Å². The molecule has 0 saturated carbocycles. The van der Waals surface area contributed by atoms with E-state index in [-0.39, 0.29) is 11.5 Å². The number of nitrogens with zero attached hydrogens (tertiary/aromatic N) is 2. The van der Waals surface area contributed by atoms with Gasteiger partial charge in [0.1, 0.15) is 11.5 Å². The van der Waals surface area contributed by atoms with E-state index in [1.807, 2.05) is 0 Å². The summed E-state index contributed by atoms with van der Waals surface area (Å²) in [5.74, 6) is -0.744. The van der Waals surface area contributed by atoms with Crippen molar-refractivity contribution in [3.63, 3.8) is 0 Å². The summed E-state index contributed by atoms with van der Waals surface area (Å²) in [4.78, 5) is 11.5. The number of esters is 1. The van der Waals surface area contributed by atoms with Gasteiger partial charge in [0.05, 0.1) is 12.3 Å². The van der Waals surface area contributed by atoms with Crippen LogP contribution in [0, 0.1) is 5.82 Å². The van der Waals surface area contributed by atoms with Crippen LogP contribution in [0.25, 0.3) is 0 Å². The number of hydrogen-bond acceptors (Lipinski definition) is 4. The molecule has 0 radical (unpaired) electrons. The second-order valence-corrected chi connectivity index (χ2v) is 4.05. The summed E-state index contributed by atoms with van der Waals surface area (Å²) in [5.41, 5.74) is 2.03. The minimum atomic E-state index is -0.442. The normalized spacial score (nSPS) is 14.6. The number of hydrazone groups is 1. The third-order valence-corrected chi connectivity index (χ3v) is 2.76. The van der Waals surface area contributed by atoms with E-state index in [1.54, 1.807) is 24.9 Å². The molecule has 0 saturated heterocycles. The number of anilines is 1. The first kappa shape index (κ1) is 12.5. The van der Waals surface area contributed by atoms with Crippen LogP contribution in [0.2, 0.25) is 0 Å². The molecular formula is C13H15FN2O2. The zero-order chi connectivity index (χ0) is 13.1. The van der Waals surface area contributed by atoms with Crippen LogP contribution in [-0.2, 0) is 16.0 Å². The molecule has 5 heteroatoms. The summed E-state index contributed by atoms with van der Waals surface area (Å²) >= 11 is 0. The Morgan fingerprint density at radius 1 is 1.56 bits per heavy atom. The topological polar surface area (TPSA) is 41.9 Å². The fourth-order valence-electron chi connectivity index (χ4n) is 1.90.